The number of aliphatic hydroxyl groups is 3. The monoisotopic (exact) mass is 431 g/mol. The van der Waals surface area contributed by atoms with E-state index < -0.39 is 23.1 Å². The van der Waals surface area contributed by atoms with Crippen molar-refractivity contribution in [3.8, 4) is 0 Å². The van der Waals surface area contributed by atoms with Crippen molar-refractivity contribution < 1.29 is 24.9 Å². The van der Waals surface area contributed by atoms with Crippen LogP contribution in [-0.2, 0) is 9.53 Å². The number of rotatable bonds is 4. The summed E-state index contributed by atoms with van der Waals surface area (Å²) in [6, 6.07) is 0. The van der Waals surface area contributed by atoms with Gasteiger partial charge >= 0.3 is 5.97 Å². The van der Waals surface area contributed by atoms with Gasteiger partial charge < -0.3 is 25.8 Å². The molecular formula is C22H38ClNO5. The predicted octanol–water partition coefficient (Wildman–Crippen LogP) is 2.02. The van der Waals surface area contributed by atoms with E-state index in [4.69, 9.17) is 10.5 Å². The van der Waals surface area contributed by atoms with Crippen LogP contribution in [0.2, 0.25) is 0 Å². The van der Waals surface area contributed by atoms with Gasteiger partial charge in [0, 0.05) is 5.41 Å². The first kappa shape index (κ1) is 23.3. The average Bonchev–Trinajstić information content (AvgIpc) is 3.04. The molecule has 0 saturated heterocycles. The van der Waals surface area contributed by atoms with E-state index in [1.54, 1.807) is 0 Å². The van der Waals surface area contributed by atoms with Crippen molar-refractivity contribution >= 4 is 18.4 Å². The zero-order chi connectivity index (χ0) is 20.4. The van der Waals surface area contributed by atoms with Crippen LogP contribution in [0, 0.1) is 34.0 Å². The van der Waals surface area contributed by atoms with E-state index in [1.807, 2.05) is 0 Å². The number of fused-ring (bicyclic) bond motifs is 2. The maximum atomic E-state index is 11.5. The number of carbonyl (C=O) groups is 1. The van der Waals surface area contributed by atoms with Gasteiger partial charge in [-0.05, 0) is 80.0 Å². The zero-order valence-corrected chi connectivity index (χ0v) is 18.5. The molecule has 0 aromatic rings. The van der Waals surface area contributed by atoms with E-state index in [1.165, 1.54) is 0 Å². The first-order chi connectivity index (χ1) is 13.1. The summed E-state index contributed by atoms with van der Waals surface area (Å²) in [5, 5.41) is 32.2. The molecule has 7 heteroatoms. The molecule has 4 fully saturated rings. The molecule has 8 atom stereocenters. The molecule has 0 aliphatic heterocycles. The number of halogens is 1. The Balaban J connectivity index is 0.00000240. The van der Waals surface area contributed by atoms with Crippen LogP contribution < -0.4 is 5.73 Å². The summed E-state index contributed by atoms with van der Waals surface area (Å²) in [7, 11) is 0. The van der Waals surface area contributed by atoms with Crippen molar-refractivity contribution in [1.82, 2.24) is 0 Å². The van der Waals surface area contributed by atoms with Crippen molar-refractivity contribution in [3.05, 3.63) is 0 Å². The molecule has 0 amide bonds. The molecular weight excluding hydrogens is 394 g/mol. The van der Waals surface area contributed by atoms with Gasteiger partial charge in [0.05, 0.1) is 19.3 Å². The lowest BCUT2D eigenvalue weighted by atomic mass is 9.39. The van der Waals surface area contributed by atoms with Gasteiger partial charge in [0.25, 0.3) is 0 Å². The maximum absolute atomic E-state index is 11.5. The van der Waals surface area contributed by atoms with Gasteiger partial charge in [-0.25, -0.2) is 0 Å². The molecule has 0 aromatic carbocycles. The van der Waals surface area contributed by atoms with Crippen molar-refractivity contribution in [3.63, 3.8) is 0 Å². The Morgan fingerprint density at radius 3 is 2.52 bits per heavy atom. The number of carbonyl (C=O) groups excluding carboxylic acids is 1. The van der Waals surface area contributed by atoms with Crippen LogP contribution in [0.25, 0.3) is 0 Å². The number of hydrogen-bond donors (Lipinski definition) is 4. The van der Waals surface area contributed by atoms with Crippen LogP contribution in [0.5, 0.6) is 0 Å². The Labute approximate surface area is 180 Å². The minimum Gasteiger partial charge on any atom is -0.462 e. The standard InChI is InChI=1S/C22H37NO5.ClH/c1-19(12-24)16-4-3-14-9-15-10-21(14,20(16,2)6-5-17(19)25)7-8-22(15,27)13-28-18(26)11-23;/h14-17,24-25,27H,3-13,23H2,1-2H3;1H. The van der Waals surface area contributed by atoms with E-state index in [0.717, 1.165) is 44.9 Å². The van der Waals surface area contributed by atoms with E-state index in [0.29, 0.717) is 18.3 Å². The summed E-state index contributed by atoms with van der Waals surface area (Å²) in [6.07, 6.45) is 6.91. The number of ether oxygens (including phenoxy) is 1. The predicted molar refractivity (Wildman–Crippen MR) is 111 cm³/mol. The highest BCUT2D eigenvalue weighted by atomic mass is 35.5. The van der Waals surface area contributed by atoms with Crippen LogP contribution >= 0.6 is 12.4 Å². The Morgan fingerprint density at radius 2 is 1.86 bits per heavy atom. The second kappa shape index (κ2) is 7.63. The maximum Gasteiger partial charge on any atom is 0.319 e. The third kappa shape index (κ3) is 3.08. The molecule has 8 unspecified atom stereocenters. The Kier molecular flexibility index (Phi) is 6.12. The normalized spacial score (nSPS) is 50.8. The molecule has 4 aliphatic rings. The molecule has 168 valence electrons. The quantitative estimate of drug-likeness (QED) is 0.506. The summed E-state index contributed by atoms with van der Waals surface area (Å²) in [5.74, 6) is 0.539. The molecule has 0 heterocycles. The lowest BCUT2D eigenvalue weighted by Gasteiger charge is -2.66. The van der Waals surface area contributed by atoms with Crippen LogP contribution in [0.3, 0.4) is 0 Å². The average molecular weight is 432 g/mol. The van der Waals surface area contributed by atoms with E-state index in [-0.39, 0.29) is 48.9 Å². The van der Waals surface area contributed by atoms with Crippen molar-refractivity contribution in [2.24, 2.45) is 39.7 Å². The summed E-state index contributed by atoms with van der Waals surface area (Å²) in [6.45, 7) is 4.37. The topological polar surface area (TPSA) is 113 Å². The number of hydrogen-bond acceptors (Lipinski definition) is 6. The highest BCUT2D eigenvalue weighted by Gasteiger charge is 2.70. The number of aliphatic hydroxyl groups excluding tert-OH is 2. The minimum atomic E-state index is -0.951. The number of nitrogens with two attached hydrogens (primary N) is 1. The Hall–Kier alpha value is -0.400. The number of esters is 1. The Morgan fingerprint density at radius 1 is 1.14 bits per heavy atom. The summed E-state index contributed by atoms with van der Waals surface area (Å²) < 4.78 is 5.25. The summed E-state index contributed by atoms with van der Waals surface area (Å²) in [4.78, 5) is 11.5. The van der Waals surface area contributed by atoms with E-state index in [9.17, 15) is 20.1 Å². The van der Waals surface area contributed by atoms with Gasteiger partial charge in [-0.1, -0.05) is 13.8 Å². The second-order valence-corrected chi connectivity index (χ2v) is 10.7. The molecule has 29 heavy (non-hydrogen) atoms. The minimum absolute atomic E-state index is 0. The van der Waals surface area contributed by atoms with Crippen molar-refractivity contribution in [2.45, 2.75) is 76.9 Å². The SMILES string of the molecule is CC1(CO)C(O)CCC2(C)C1CCC1CC3CC12CCC3(O)COC(=O)CN.Cl. The lowest BCUT2D eigenvalue weighted by molar-refractivity contribution is -0.217. The van der Waals surface area contributed by atoms with Crippen molar-refractivity contribution in [1.29, 1.82) is 0 Å². The fraction of sp³-hybridized carbons (Fsp3) is 0.955. The fourth-order valence-electron chi connectivity index (χ4n) is 8.18. The van der Waals surface area contributed by atoms with Gasteiger partial charge in [-0.15, -0.1) is 12.4 Å². The fourth-order valence-corrected chi connectivity index (χ4v) is 8.18. The molecule has 4 aliphatic carbocycles. The lowest BCUT2D eigenvalue weighted by Crippen LogP contribution is -2.63. The molecule has 1 spiro atoms. The van der Waals surface area contributed by atoms with E-state index in [2.05, 4.69) is 13.8 Å². The van der Waals surface area contributed by atoms with Gasteiger partial charge in [0.15, 0.2) is 0 Å². The first-order valence-corrected chi connectivity index (χ1v) is 11.0. The molecule has 6 nitrogen and oxygen atoms in total. The van der Waals surface area contributed by atoms with Crippen LogP contribution in [-0.4, -0.2) is 52.8 Å². The molecule has 0 aromatic heterocycles. The third-order valence-electron chi connectivity index (χ3n) is 9.92. The molecule has 2 bridgehead atoms. The van der Waals surface area contributed by atoms with Crippen LogP contribution in [0.4, 0.5) is 0 Å². The smallest absolute Gasteiger partial charge is 0.319 e. The third-order valence-corrected chi connectivity index (χ3v) is 9.92. The van der Waals surface area contributed by atoms with Gasteiger partial charge in [-0.2, -0.15) is 0 Å². The van der Waals surface area contributed by atoms with Gasteiger partial charge in [0.2, 0.25) is 0 Å². The molecule has 0 radical (unpaired) electrons. The van der Waals surface area contributed by atoms with Crippen LogP contribution in [0.15, 0.2) is 0 Å². The molecule has 4 rings (SSSR count). The largest absolute Gasteiger partial charge is 0.462 e. The van der Waals surface area contributed by atoms with Crippen LogP contribution in [0.1, 0.15) is 65.2 Å². The first-order valence-electron chi connectivity index (χ1n) is 11.0. The Bertz CT molecular complexity index is 649. The van der Waals surface area contributed by atoms with Gasteiger partial charge in [-0.3, -0.25) is 4.79 Å². The second-order valence-electron chi connectivity index (χ2n) is 10.7. The van der Waals surface area contributed by atoms with E-state index >= 15 is 0 Å². The summed E-state index contributed by atoms with van der Waals surface area (Å²) >= 11 is 0. The highest BCUT2D eigenvalue weighted by Crippen LogP contribution is 2.75. The molecule has 5 N–H and O–H groups in total. The zero-order valence-electron chi connectivity index (χ0n) is 17.7. The summed E-state index contributed by atoms with van der Waals surface area (Å²) in [5.41, 5.74) is 4.16. The van der Waals surface area contributed by atoms with Gasteiger partial charge in [0.1, 0.15) is 12.2 Å². The molecule has 4 saturated carbocycles. The highest BCUT2D eigenvalue weighted by molar-refractivity contribution is 5.85. The van der Waals surface area contributed by atoms with Crippen molar-refractivity contribution in [2.75, 3.05) is 19.8 Å².